The summed E-state index contributed by atoms with van der Waals surface area (Å²) in [5.41, 5.74) is 1.74. The SMILES string of the molecule is COc1ccc(CC(=O)Nc2cc([C@H]3CCC(OC(=O)N4CCC4C)C3)[nH]n2)cn1. The standard InChI is InChI=1S/C21H27N5O4/c1-13-7-8-26(13)21(28)30-16-5-4-15(10-16)17-11-18(25-24-17)23-19(27)9-14-3-6-20(29-2)22-12-14/h3,6,11-13,15-16H,4-5,7-10H2,1-2H3,(H2,23,24,25,27)/t13?,15-,16?/m0/s1. The Balaban J connectivity index is 1.26. The number of hydrogen-bond acceptors (Lipinski definition) is 6. The minimum absolute atomic E-state index is 0.0702. The molecule has 4 rings (SSSR count). The molecule has 0 spiro atoms. The molecule has 2 aromatic rings. The molecular formula is C21H27N5O4. The number of likely N-dealkylation sites (tertiary alicyclic amines) is 1. The second-order valence-electron chi connectivity index (χ2n) is 7.99. The Bertz CT molecular complexity index is 897. The van der Waals surface area contributed by atoms with E-state index in [1.54, 1.807) is 24.3 Å². The lowest BCUT2D eigenvalue weighted by atomic mass is 10.0. The molecule has 2 aliphatic rings. The van der Waals surface area contributed by atoms with E-state index in [0.717, 1.165) is 43.5 Å². The van der Waals surface area contributed by atoms with Gasteiger partial charge in [0, 0.05) is 42.5 Å². The number of ether oxygens (including phenoxy) is 2. The second kappa shape index (κ2) is 8.73. The molecule has 2 aromatic heterocycles. The maximum atomic E-state index is 12.3. The fraction of sp³-hybridized carbons (Fsp3) is 0.524. The van der Waals surface area contributed by atoms with Crippen molar-refractivity contribution in [2.24, 2.45) is 0 Å². The fourth-order valence-electron chi connectivity index (χ4n) is 3.95. The summed E-state index contributed by atoms with van der Waals surface area (Å²) in [7, 11) is 1.55. The van der Waals surface area contributed by atoms with E-state index in [2.05, 4.69) is 20.5 Å². The molecule has 9 nitrogen and oxygen atoms in total. The zero-order valence-corrected chi connectivity index (χ0v) is 17.3. The Morgan fingerprint density at radius 1 is 1.30 bits per heavy atom. The van der Waals surface area contributed by atoms with Gasteiger partial charge in [0.1, 0.15) is 6.10 Å². The average molecular weight is 413 g/mol. The fourth-order valence-corrected chi connectivity index (χ4v) is 3.95. The van der Waals surface area contributed by atoms with Crippen LogP contribution in [-0.2, 0) is 16.0 Å². The molecule has 1 saturated carbocycles. The number of aromatic nitrogens is 3. The number of hydrogen-bond donors (Lipinski definition) is 2. The average Bonchev–Trinajstić information content (AvgIpc) is 3.36. The maximum Gasteiger partial charge on any atom is 0.410 e. The zero-order chi connectivity index (χ0) is 21.1. The van der Waals surface area contributed by atoms with Crippen molar-refractivity contribution in [3.8, 4) is 5.88 Å². The number of nitrogens with zero attached hydrogens (tertiary/aromatic N) is 3. The second-order valence-corrected chi connectivity index (χ2v) is 7.99. The molecule has 9 heteroatoms. The van der Waals surface area contributed by atoms with Crippen LogP contribution in [0, 0.1) is 0 Å². The summed E-state index contributed by atoms with van der Waals surface area (Å²) >= 11 is 0. The molecule has 0 radical (unpaired) electrons. The quantitative estimate of drug-likeness (QED) is 0.754. The van der Waals surface area contributed by atoms with E-state index in [0.29, 0.717) is 11.7 Å². The van der Waals surface area contributed by atoms with E-state index in [1.807, 2.05) is 19.1 Å². The van der Waals surface area contributed by atoms with E-state index in [9.17, 15) is 9.59 Å². The minimum atomic E-state index is -0.204. The lowest BCUT2D eigenvalue weighted by Crippen LogP contribution is -2.50. The Hall–Kier alpha value is -3.10. The molecule has 1 aliphatic heterocycles. The Morgan fingerprint density at radius 2 is 2.17 bits per heavy atom. The van der Waals surface area contributed by atoms with E-state index >= 15 is 0 Å². The van der Waals surface area contributed by atoms with Crippen LogP contribution in [0.4, 0.5) is 10.6 Å². The molecule has 0 bridgehead atoms. The number of pyridine rings is 1. The van der Waals surface area contributed by atoms with Crippen molar-refractivity contribution in [2.45, 2.75) is 57.1 Å². The van der Waals surface area contributed by atoms with Crippen molar-refractivity contribution in [2.75, 3.05) is 19.0 Å². The van der Waals surface area contributed by atoms with Gasteiger partial charge in [0.2, 0.25) is 11.8 Å². The summed E-state index contributed by atoms with van der Waals surface area (Å²) in [5, 5.41) is 10.0. The van der Waals surface area contributed by atoms with Gasteiger partial charge in [-0.25, -0.2) is 9.78 Å². The molecule has 2 N–H and O–H groups in total. The zero-order valence-electron chi connectivity index (χ0n) is 17.3. The van der Waals surface area contributed by atoms with Gasteiger partial charge in [0.25, 0.3) is 0 Å². The number of aromatic amines is 1. The molecular weight excluding hydrogens is 386 g/mol. The van der Waals surface area contributed by atoms with Crippen LogP contribution in [0.2, 0.25) is 0 Å². The van der Waals surface area contributed by atoms with Gasteiger partial charge in [0.05, 0.1) is 13.5 Å². The normalized spacial score (nSPS) is 23.0. The molecule has 2 amide bonds. The Kier molecular flexibility index (Phi) is 5.87. The summed E-state index contributed by atoms with van der Waals surface area (Å²) in [6, 6.07) is 5.67. The first-order chi connectivity index (χ1) is 14.5. The highest BCUT2D eigenvalue weighted by molar-refractivity contribution is 5.91. The highest BCUT2D eigenvalue weighted by Crippen LogP contribution is 2.36. The summed E-state index contributed by atoms with van der Waals surface area (Å²) in [5.74, 6) is 1.07. The van der Waals surface area contributed by atoms with Gasteiger partial charge in [0.15, 0.2) is 5.82 Å². The van der Waals surface area contributed by atoms with Crippen LogP contribution in [0.25, 0.3) is 0 Å². The predicted molar refractivity (Wildman–Crippen MR) is 109 cm³/mol. The van der Waals surface area contributed by atoms with Crippen LogP contribution in [-0.4, -0.2) is 57.9 Å². The summed E-state index contributed by atoms with van der Waals surface area (Å²) < 4.78 is 10.7. The molecule has 2 fully saturated rings. The number of nitrogens with one attached hydrogen (secondary N) is 2. The number of carbonyl (C=O) groups excluding carboxylic acids is 2. The lowest BCUT2D eigenvalue weighted by molar-refractivity contribution is -0.115. The first-order valence-corrected chi connectivity index (χ1v) is 10.3. The highest BCUT2D eigenvalue weighted by Gasteiger charge is 2.34. The molecule has 1 saturated heterocycles. The molecule has 3 heterocycles. The number of carbonyl (C=O) groups is 2. The third-order valence-corrected chi connectivity index (χ3v) is 5.88. The third-order valence-electron chi connectivity index (χ3n) is 5.88. The summed E-state index contributed by atoms with van der Waals surface area (Å²) in [4.78, 5) is 30.3. The maximum absolute atomic E-state index is 12.3. The van der Waals surface area contributed by atoms with Crippen LogP contribution < -0.4 is 10.1 Å². The van der Waals surface area contributed by atoms with Crippen molar-refractivity contribution < 1.29 is 19.1 Å². The van der Waals surface area contributed by atoms with Crippen molar-refractivity contribution in [1.29, 1.82) is 0 Å². The van der Waals surface area contributed by atoms with E-state index in [1.165, 1.54) is 0 Å². The van der Waals surface area contributed by atoms with Gasteiger partial charge in [-0.05, 0) is 38.2 Å². The van der Waals surface area contributed by atoms with Crippen molar-refractivity contribution in [3.05, 3.63) is 35.7 Å². The van der Waals surface area contributed by atoms with Crippen molar-refractivity contribution >= 4 is 17.8 Å². The predicted octanol–water partition coefficient (Wildman–Crippen LogP) is 2.86. The number of rotatable bonds is 6. The van der Waals surface area contributed by atoms with Crippen molar-refractivity contribution in [3.63, 3.8) is 0 Å². The lowest BCUT2D eigenvalue weighted by Gasteiger charge is -2.38. The molecule has 160 valence electrons. The van der Waals surface area contributed by atoms with Gasteiger partial charge < -0.3 is 19.7 Å². The van der Waals surface area contributed by atoms with E-state index < -0.39 is 0 Å². The molecule has 1 aliphatic carbocycles. The molecule has 0 aromatic carbocycles. The Morgan fingerprint density at radius 3 is 2.83 bits per heavy atom. The van der Waals surface area contributed by atoms with Gasteiger partial charge in [-0.15, -0.1) is 0 Å². The van der Waals surface area contributed by atoms with Gasteiger partial charge in [-0.2, -0.15) is 5.10 Å². The first kappa shape index (κ1) is 20.2. The topological polar surface area (TPSA) is 109 Å². The minimum Gasteiger partial charge on any atom is -0.481 e. The Labute approximate surface area is 175 Å². The summed E-state index contributed by atoms with van der Waals surface area (Å²) in [6.45, 7) is 2.82. The number of H-pyrrole nitrogens is 1. The van der Waals surface area contributed by atoms with Crippen LogP contribution in [0.1, 0.15) is 49.8 Å². The summed E-state index contributed by atoms with van der Waals surface area (Å²) in [6.07, 6.45) is 5.11. The third kappa shape index (κ3) is 4.55. The molecule has 2 unspecified atom stereocenters. The van der Waals surface area contributed by atoms with E-state index in [4.69, 9.17) is 9.47 Å². The number of amides is 2. The number of methoxy groups -OCH3 is 1. The van der Waals surface area contributed by atoms with Crippen LogP contribution >= 0.6 is 0 Å². The van der Waals surface area contributed by atoms with Crippen LogP contribution in [0.15, 0.2) is 24.4 Å². The van der Waals surface area contributed by atoms with E-state index in [-0.39, 0.29) is 36.5 Å². The monoisotopic (exact) mass is 413 g/mol. The number of anilines is 1. The largest absolute Gasteiger partial charge is 0.481 e. The van der Waals surface area contributed by atoms with Gasteiger partial charge >= 0.3 is 6.09 Å². The van der Waals surface area contributed by atoms with Crippen LogP contribution in [0.3, 0.4) is 0 Å². The first-order valence-electron chi connectivity index (χ1n) is 10.3. The smallest absolute Gasteiger partial charge is 0.410 e. The van der Waals surface area contributed by atoms with Gasteiger partial charge in [-0.3, -0.25) is 9.89 Å². The molecule has 30 heavy (non-hydrogen) atoms. The van der Waals surface area contributed by atoms with Crippen molar-refractivity contribution in [1.82, 2.24) is 20.1 Å². The highest BCUT2D eigenvalue weighted by atomic mass is 16.6. The van der Waals surface area contributed by atoms with Crippen LogP contribution in [0.5, 0.6) is 5.88 Å². The van der Waals surface area contributed by atoms with Gasteiger partial charge in [-0.1, -0.05) is 6.07 Å². The molecule has 3 atom stereocenters.